The fourth-order valence-electron chi connectivity index (χ4n) is 3.94. The van der Waals surface area contributed by atoms with E-state index in [2.05, 4.69) is 16.7 Å². The molecular formula is C17H30N2O2. The highest BCUT2D eigenvalue weighted by Gasteiger charge is 2.42. The van der Waals surface area contributed by atoms with Crippen molar-refractivity contribution >= 4 is 5.91 Å². The zero-order valence-electron chi connectivity index (χ0n) is 13.5. The van der Waals surface area contributed by atoms with Crippen LogP contribution in [0.25, 0.3) is 0 Å². The van der Waals surface area contributed by atoms with Gasteiger partial charge in [-0.25, -0.2) is 0 Å². The minimum absolute atomic E-state index is 0.167. The Hall–Kier alpha value is -0.610. The Bertz CT molecular complexity index is 377. The van der Waals surface area contributed by atoms with Gasteiger partial charge in [0.2, 0.25) is 5.91 Å². The molecule has 120 valence electrons. The van der Waals surface area contributed by atoms with Crippen molar-refractivity contribution in [1.82, 2.24) is 9.80 Å². The van der Waals surface area contributed by atoms with Gasteiger partial charge in [-0.2, -0.15) is 0 Å². The average molecular weight is 294 g/mol. The lowest BCUT2D eigenvalue weighted by atomic mass is 9.98. The smallest absolute Gasteiger partial charge is 0.237 e. The standard InChI is InChI=1S/C17H30N2O2/c1-12(14-6-7-14)19(15-8-9-15)17(21)11-18-10-4-3-5-16(18)13(2)20/h12-16,20H,3-11H2,1-2H3. The second-order valence-electron chi connectivity index (χ2n) is 7.38. The van der Waals surface area contributed by atoms with Gasteiger partial charge in [0.05, 0.1) is 12.6 Å². The molecule has 21 heavy (non-hydrogen) atoms. The van der Waals surface area contributed by atoms with E-state index in [4.69, 9.17) is 0 Å². The van der Waals surface area contributed by atoms with Gasteiger partial charge in [0.15, 0.2) is 0 Å². The van der Waals surface area contributed by atoms with E-state index in [1.807, 2.05) is 6.92 Å². The summed E-state index contributed by atoms with van der Waals surface area (Å²) in [4.78, 5) is 17.3. The Morgan fingerprint density at radius 2 is 1.90 bits per heavy atom. The van der Waals surface area contributed by atoms with Crippen LogP contribution in [0, 0.1) is 5.92 Å². The van der Waals surface area contributed by atoms with Gasteiger partial charge in [-0.15, -0.1) is 0 Å². The number of rotatable bonds is 6. The summed E-state index contributed by atoms with van der Waals surface area (Å²) < 4.78 is 0. The van der Waals surface area contributed by atoms with Gasteiger partial charge in [0.25, 0.3) is 0 Å². The number of aliphatic hydroxyl groups is 1. The summed E-state index contributed by atoms with van der Waals surface area (Å²) in [6.45, 7) is 5.55. The fraction of sp³-hybridized carbons (Fsp3) is 0.941. The topological polar surface area (TPSA) is 43.8 Å². The van der Waals surface area contributed by atoms with Crippen LogP contribution in [0.5, 0.6) is 0 Å². The minimum atomic E-state index is -0.340. The summed E-state index contributed by atoms with van der Waals surface area (Å²) in [6.07, 6.45) is 7.95. The Kier molecular flexibility index (Phi) is 4.55. The van der Waals surface area contributed by atoms with Crippen molar-refractivity contribution in [2.75, 3.05) is 13.1 Å². The molecule has 0 spiro atoms. The van der Waals surface area contributed by atoms with Crippen molar-refractivity contribution in [3.63, 3.8) is 0 Å². The molecule has 3 unspecified atom stereocenters. The number of carbonyl (C=O) groups is 1. The zero-order chi connectivity index (χ0) is 15.0. The monoisotopic (exact) mass is 294 g/mol. The van der Waals surface area contributed by atoms with E-state index >= 15 is 0 Å². The predicted octanol–water partition coefficient (Wildman–Crippen LogP) is 2.01. The van der Waals surface area contributed by atoms with Crippen LogP contribution >= 0.6 is 0 Å². The van der Waals surface area contributed by atoms with Crippen LogP contribution in [0.2, 0.25) is 0 Å². The molecule has 3 aliphatic rings. The molecule has 4 heteroatoms. The SMILES string of the molecule is CC(O)C1CCCCN1CC(=O)N(C1CC1)C(C)C1CC1. The highest BCUT2D eigenvalue weighted by molar-refractivity contribution is 5.79. The summed E-state index contributed by atoms with van der Waals surface area (Å²) in [5.41, 5.74) is 0. The second kappa shape index (κ2) is 6.25. The van der Waals surface area contributed by atoms with Crippen LogP contribution in [0.1, 0.15) is 58.8 Å². The summed E-state index contributed by atoms with van der Waals surface area (Å²) in [5, 5.41) is 9.96. The Morgan fingerprint density at radius 3 is 2.48 bits per heavy atom. The van der Waals surface area contributed by atoms with Gasteiger partial charge in [0.1, 0.15) is 0 Å². The lowest BCUT2D eigenvalue weighted by Crippen LogP contribution is -2.52. The predicted molar refractivity (Wildman–Crippen MR) is 82.9 cm³/mol. The lowest BCUT2D eigenvalue weighted by Gasteiger charge is -2.39. The minimum Gasteiger partial charge on any atom is -0.392 e. The van der Waals surface area contributed by atoms with Gasteiger partial charge in [-0.1, -0.05) is 6.42 Å². The molecule has 0 bridgehead atoms. The van der Waals surface area contributed by atoms with Gasteiger partial charge in [0, 0.05) is 18.1 Å². The van der Waals surface area contributed by atoms with E-state index in [-0.39, 0.29) is 12.1 Å². The van der Waals surface area contributed by atoms with Crippen molar-refractivity contribution < 1.29 is 9.90 Å². The molecule has 3 rings (SSSR count). The number of nitrogens with zero attached hydrogens (tertiary/aromatic N) is 2. The first-order valence-corrected chi connectivity index (χ1v) is 8.81. The molecule has 1 heterocycles. The molecule has 1 N–H and O–H groups in total. The van der Waals surface area contributed by atoms with Gasteiger partial charge < -0.3 is 10.0 Å². The molecule has 0 aromatic rings. The van der Waals surface area contributed by atoms with Gasteiger partial charge in [-0.05, 0) is 64.8 Å². The molecule has 4 nitrogen and oxygen atoms in total. The first kappa shape index (κ1) is 15.3. The maximum absolute atomic E-state index is 12.8. The third-order valence-corrected chi connectivity index (χ3v) is 5.53. The number of amides is 1. The molecule has 0 radical (unpaired) electrons. The van der Waals surface area contributed by atoms with E-state index in [0.29, 0.717) is 24.5 Å². The van der Waals surface area contributed by atoms with Crippen molar-refractivity contribution in [3.05, 3.63) is 0 Å². The fourth-order valence-corrected chi connectivity index (χ4v) is 3.94. The first-order chi connectivity index (χ1) is 10.1. The Balaban J connectivity index is 1.62. The maximum Gasteiger partial charge on any atom is 0.237 e. The summed E-state index contributed by atoms with van der Waals surface area (Å²) >= 11 is 0. The van der Waals surface area contributed by atoms with Crippen LogP contribution in [0.3, 0.4) is 0 Å². The molecule has 1 saturated heterocycles. The highest BCUT2D eigenvalue weighted by atomic mass is 16.3. The third-order valence-electron chi connectivity index (χ3n) is 5.53. The molecule has 3 fully saturated rings. The normalized spacial score (nSPS) is 30.0. The van der Waals surface area contributed by atoms with Crippen LogP contribution in [0.4, 0.5) is 0 Å². The molecule has 2 aliphatic carbocycles. The van der Waals surface area contributed by atoms with Gasteiger partial charge in [-0.3, -0.25) is 9.69 Å². The van der Waals surface area contributed by atoms with E-state index in [9.17, 15) is 9.90 Å². The maximum atomic E-state index is 12.8. The van der Waals surface area contributed by atoms with Crippen LogP contribution in [-0.2, 0) is 4.79 Å². The molecule has 2 saturated carbocycles. The van der Waals surface area contributed by atoms with Crippen molar-refractivity contribution in [2.45, 2.75) is 83.0 Å². The van der Waals surface area contributed by atoms with E-state index in [1.54, 1.807) is 0 Å². The summed E-state index contributed by atoms with van der Waals surface area (Å²) in [7, 11) is 0. The number of piperidine rings is 1. The second-order valence-corrected chi connectivity index (χ2v) is 7.38. The van der Waals surface area contributed by atoms with E-state index < -0.39 is 0 Å². The number of aliphatic hydroxyl groups excluding tert-OH is 1. The summed E-state index contributed by atoms with van der Waals surface area (Å²) in [6, 6.07) is 1.09. The molecule has 1 aliphatic heterocycles. The van der Waals surface area contributed by atoms with Crippen molar-refractivity contribution in [3.8, 4) is 0 Å². The van der Waals surface area contributed by atoms with E-state index in [1.165, 1.54) is 32.1 Å². The number of likely N-dealkylation sites (tertiary alicyclic amines) is 1. The highest BCUT2D eigenvalue weighted by Crippen LogP contribution is 2.39. The number of hydrogen-bond acceptors (Lipinski definition) is 3. The van der Waals surface area contributed by atoms with Crippen LogP contribution in [-0.4, -0.2) is 58.1 Å². The molecule has 0 aromatic heterocycles. The first-order valence-electron chi connectivity index (χ1n) is 8.81. The Morgan fingerprint density at radius 1 is 1.19 bits per heavy atom. The lowest BCUT2D eigenvalue weighted by molar-refractivity contribution is -0.137. The number of carbonyl (C=O) groups excluding carboxylic acids is 1. The quantitative estimate of drug-likeness (QED) is 0.815. The number of hydrogen-bond donors (Lipinski definition) is 1. The van der Waals surface area contributed by atoms with Crippen LogP contribution < -0.4 is 0 Å². The summed E-state index contributed by atoms with van der Waals surface area (Å²) in [5.74, 6) is 1.04. The van der Waals surface area contributed by atoms with Crippen LogP contribution in [0.15, 0.2) is 0 Å². The molecule has 3 atom stereocenters. The average Bonchev–Trinajstić information content (AvgIpc) is 3.31. The van der Waals surface area contributed by atoms with Crippen molar-refractivity contribution in [1.29, 1.82) is 0 Å². The molecule has 0 aromatic carbocycles. The molecule has 1 amide bonds. The molecular weight excluding hydrogens is 264 g/mol. The Labute approximate surface area is 128 Å². The van der Waals surface area contributed by atoms with Gasteiger partial charge >= 0.3 is 0 Å². The largest absolute Gasteiger partial charge is 0.392 e. The third kappa shape index (κ3) is 3.59. The van der Waals surface area contributed by atoms with Crippen molar-refractivity contribution in [2.24, 2.45) is 5.92 Å². The van der Waals surface area contributed by atoms with E-state index in [0.717, 1.165) is 25.3 Å². The zero-order valence-corrected chi connectivity index (χ0v) is 13.5.